The molecule has 1 amide bonds. The SMILES string of the molecule is CCCCCCCCCCCCCCCCCCCCCC/C=C/C(O)C(CO)NC(=O)CCC/C=C\CCCCCCOC(=O)CCCCCCCCCCCCCCCCCCCCC. The zero-order valence-electron chi connectivity index (χ0n) is 45.1. The molecule has 0 spiro atoms. The van der Waals surface area contributed by atoms with Crippen molar-refractivity contribution in [3.05, 3.63) is 24.3 Å². The predicted octanol–water partition coefficient (Wildman–Crippen LogP) is 18.6. The Bertz CT molecular complexity index is 1040. The maximum Gasteiger partial charge on any atom is 0.305 e. The molecule has 0 radical (unpaired) electrons. The van der Waals surface area contributed by atoms with Gasteiger partial charge in [-0.3, -0.25) is 9.59 Å². The maximum atomic E-state index is 12.5. The van der Waals surface area contributed by atoms with Gasteiger partial charge in [-0.25, -0.2) is 0 Å². The first-order valence-electron chi connectivity index (χ1n) is 30.1. The van der Waals surface area contributed by atoms with Gasteiger partial charge in [-0.05, 0) is 51.4 Å². The summed E-state index contributed by atoms with van der Waals surface area (Å²) in [7, 11) is 0. The lowest BCUT2D eigenvalue weighted by molar-refractivity contribution is -0.143. The normalized spacial score (nSPS) is 12.7. The molecular formula is C61H117NO5. The molecule has 0 aromatic rings. The minimum absolute atomic E-state index is 0.0325. The van der Waals surface area contributed by atoms with Crippen LogP contribution in [0.25, 0.3) is 0 Å². The number of esters is 1. The second kappa shape index (κ2) is 56.9. The smallest absolute Gasteiger partial charge is 0.305 e. The van der Waals surface area contributed by atoms with Gasteiger partial charge >= 0.3 is 5.97 Å². The van der Waals surface area contributed by atoms with Gasteiger partial charge in [-0.15, -0.1) is 0 Å². The Labute approximate surface area is 418 Å². The number of nitrogens with one attached hydrogen (secondary N) is 1. The van der Waals surface area contributed by atoms with Gasteiger partial charge in [0.1, 0.15) is 0 Å². The first kappa shape index (κ1) is 65.3. The molecule has 0 aliphatic rings. The van der Waals surface area contributed by atoms with E-state index in [2.05, 4.69) is 31.3 Å². The highest BCUT2D eigenvalue weighted by molar-refractivity contribution is 5.76. The second-order valence-corrected chi connectivity index (χ2v) is 20.7. The maximum absolute atomic E-state index is 12.5. The molecule has 0 aliphatic heterocycles. The van der Waals surface area contributed by atoms with E-state index in [9.17, 15) is 19.8 Å². The molecule has 0 aromatic carbocycles. The van der Waals surface area contributed by atoms with Crippen LogP contribution in [0.3, 0.4) is 0 Å². The van der Waals surface area contributed by atoms with E-state index in [0.717, 1.165) is 70.6 Å². The number of rotatable bonds is 56. The summed E-state index contributed by atoms with van der Waals surface area (Å²) in [6.45, 7) is 4.84. The molecule has 0 aliphatic carbocycles. The lowest BCUT2D eigenvalue weighted by Gasteiger charge is -2.19. The average Bonchev–Trinajstić information content (AvgIpc) is 3.33. The molecular weight excluding hydrogens is 827 g/mol. The van der Waals surface area contributed by atoms with Gasteiger partial charge in [-0.2, -0.15) is 0 Å². The van der Waals surface area contributed by atoms with Crippen molar-refractivity contribution in [2.75, 3.05) is 13.2 Å². The summed E-state index contributed by atoms with van der Waals surface area (Å²) in [6.07, 6.45) is 69.3. The fourth-order valence-corrected chi connectivity index (χ4v) is 9.35. The number of aliphatic hydroxyl groups excluding tert-OH is 2. The second-order valence-electron chi connectivity index (χ2n) is 20.7. The lowest BCUT2D eigenvalue weighted by Crippen LogP contribution is -2.45. The van der Waals surface area contributed by atoms with Crippen LogP contribution in [0.15, 0.2) is 24.3 Å². The predicted molar refractivity (Wildman–Crippen MR) is 292 cm³/mol. The van der Waals surface area contributed by atoms with Crippen molar-refractivity contribution in [3.8, 4) is 0 Å². The van der Waals surface area contributed by atoms with E-state index < -0.39 is 12.1 Å². The number of amides is 1. The van der Waals surface area contributed by atoms with Crippen molar-refractivity contribution in [1.82, 2.24) is 5.32 Å². The third-order valence-corrected chi connectivity index (χ3v) is 14.0. The summed E-state index contributed by atoms with van der Waals surface area (Å²) in [5.41, 5.74) is 0. The number of ether oxygens (including phenoxy) is 1. The number of hydrogen-bond donors (Lipinski definition) is 3. The Balaban J connectivity index is 3.52. The zero-order chi connectivity index (χ0) is 48.6. The van der Waals surface area contributed by atoms with Gasteiger partial charge in [0.05, 0.1) is 25.4 Å². The minimum Gasteiger partial charge on any atom is -0.466 e. The van der Waals surface area contributed by atoms with Crippen molar-refractivity contribution in [2.24, 2.45) is 0 Å². The monoisotopic (exact) mass is 944 g/mol. The van der Waals surface area contributed by atoms with Crippen LogP contribution in [0.2, 0.25) is 0 Å². The van der Waals surface area contributed by atoms with E-state index >= 15 is 0 Å². The Kier molecular flexibility index (Phi) is 55.5. The Morgan fingerprint density at radius 1 is 0.403 bits per heavy atom. The van der Waals surface area contributed by atoms with E-state index in [0.29, 0.717) is 19.4 Å². The molecule has 0 bridgehead atoms. The van der Waals surface area contributed by atoms with E-state index in [1.807, 2.05) is 6.08 Å². The average molecular weight is 945 g/mol. The van der Waals surface area contributed by atoms with Crippen LogP contribution < -0.4 is 5.32 Å². The fourth-order valence-electron chi connectivity index (χ4n) is 9.35. The first-order chi connectivity index (χ1) is 33.0. The highest BCUT2D eigenvalue weighted by atomic mass is 16.5. The standard InChI is InChI=1S/C61H117NO5/c1-3-5-7-9-11-13-15-17-19-21-23-24-25-27-28-30-32-34-37-41-45-49-53-59(64)58(57-63)62-60(65)54-50-46-42-38-36-40-44-48-52-56-67-61(66)55-51-47-43-39-35-33-31-29-26-22-20-18-16-14-12-10-8-6-4-2/h38,42,49,53,58-59,63-64H,3-37,39-41,43-48,50-52,54-57H2,1-2H3,(H,62,65)/b42-38-,53-49+. The molecule has 6 heteroatoms. The molecule has 0 saturated carbocycles. The number of aliphatic hydroxyl groups is 2. The van der Waals surface area contributed by atoms with Gasteiger partial charge in [0, 0.05) is 12.8 Å². The number of carbonyl (C=O) groups excluding carboxylic acids is 2. The summed E-state index contributed by atoms with van der Waals surface area (Å²) in [5, 5.41) is 23.1. The molecule has 6 nitrogen and oxygen atoms in total. The van der Waals surface area contributed by atoms with Gasteiger partial charge in [-0.1, -0.05) is 289 Å². The van der Waals surface area contributed by atoms with Crippen LogP contribution in [0.4, 0.5) is 0 Å². The lowest BCUT2D eigenvalue weighted by atomic mass is 10.0. The van der Waals surface area contributed by atoms with E-state index in [1.54, 1.807) is 6.08 Å². The van der Waals surface area contributed by atoms with Crippen molar-refractivity contribution >= 4 is 11.9 Å². The Morgan fingerprint density at radius 2 is 0.716 bits per heavy atom. The summed E-state index contributed by atoms with van der Waals surface area (Å²) >= 11 is 0. The number of unbranched alkanes of at least 4 members (excludes halogenated alkanes) is 43. The van der Waals surface area contributed by atoms with Crippen molar-refractivity contribution in [1.29, 1.82) is 0 Å². The zero-order valence-corrected chi connectivity index (χ0v) is 45.1. The van der Waals surface area contributed by atoms with E-state index in [-0.39, 0.29) is 18.5 Å². The van der Waals surface area contributed by atoms with E-state index in [4.69, 9.17) is 4.74 Å². The summed E-state index contributed by atoms with van der Waals surface area (Å²) in [5.74, 6) is -0.157. The molecule has 0 saturated heterocycles. The molecule has 2 unspecified atom stereocenters. The van der Waals surface area contributed by atoms with Gasteiger partial charge < -0.3 is 20.3 Å². The Hall–Kier alpha value is -1.66. The topological polar surface area (TPSA) is 95.9 Å². The van der Waals surface area contributed by atoms with Gasteiger partial charge in [0.15, 0.2) is 0 Å². The van der Waals surface area contributed by atoms with Gasteiger partial charge in [0.25, 0.3) is 0 Å². The number of allylic oxidation sites excluding steroid dienone is 3. The fraction of sp³-hybridized carbons (Fsp3) is 0.902. The Morgan fingerprint density at radius 3 is 1.09 bits per heavy atom. The quantitative estimate of drug-likeness (QED) is 0.0321. The van der Waals surface area contributed by atoms with Crippen LogP contribution in [0.5, 0.6) is 0 Å². The number of carbonyl (C=O) groups is 2. The minimum atomic E-state index is -0.876. The molecule has 67 heavy (non-hydrogen) atoms. The van der Waals surface area contributed by atoms with E-state index in [1.165, 1.54) is 231 Å². The first-order valence-corrected chi connectivity index (χ1v) is 30.1. The van der Waals surface area contributed by atoms with Crippen LogP contribution in [-0.2, 0) is 14.3 Å². The van der Waals surface area contributed by atoms with Crippen molar-refractivity contribution in [3.63, 3.8) is 0 Å². The van der Waals surface area contributed by atoms with Crippen LogP contribution in [-0.4, -0.2) is 47.4 Å². The molecule has 3 N–H and O–H groups in total. The highest BCUT2D eigenvalue weighted by Gasteiger charge is 2.18. The van der Waals surface area contributed by atoms with Crippen LogP contribution in [0.1, 0.15) is 328 Å². The van der Waals surface area contributed by atoms with Crippen molar-refractivity contribution in [2.45, 2.75) is 341 Å². The summed E-state index contributed by atoms with van der Waals surface area (Å²) in [4.78, 5) is 24.6. The third-order valence-electron chi connectivity index (χ3n) is 14.0. The highest BCUT2D eigenvalue weighted by Crippen LogP contribution is 2.17. The number of hydrogen-bond acceptors (Lipinski definition) is 5. The third kappa shape index (κ3) is 53.5. The molecule has 0 heterocycles. The van der Waals surface area contributed by atoms with Crippen molar-refractivity contribution < 1.29 is 24.5 Å². The molecule has 0 fully saturated rings. The molecule has 2 atom stereocenters. The molecule has 0 aromatic heterocycles. The van der Waals surface area contributed by atoms with Crippen LogP contribution >= 0.6 is 0 Å². The largest absolute Gasteiger partial charge is 0.466 e. The molecule has 0 rings (SSSR count). The summed E-state index contributed by atoms with van der Waals surface area (Å²) < 4.78 is 5.46. The van der Waals surface area contributed by atoms with Gasteiger partial charge in [0.2, 0.25) is 5.91 Å². The summed E-state index contributed by atoms with van der Waals surface area (Å²) in [6, 6.07) is -0.666. The van der Waals surface area contributed by atoms with Crippen LogP contribution in [0, 0.1) is 0 Å². The molecule has 396 valence electrons.